The van der Waals surface area contributed by atoms with Gasteiger partial charge in [0.25, 0.3) is 0 Å². The Hall–Kier alpha value is -3.01. The largest absolute Gasteiger partial charge is 0.540 e. The van der Waals surface area contributed by atoms with Crippen molar-refractivity contribution in [2.24, 2.45) is 0 Å². The van der Waals surface area contributed by atoms with Crippen LogP contribution < -0.4 is 4.74 Å². The van der Waals surface area contributed by atoms with Crippen molar-refractivity contribution in [2.75, 3.05) is 7.11 Å². The van der Waals surface area contributed by atoms with E-state index in [9.17, 15) is 0 Å². The number of aliphatic hydroxyl groups excluding tert-OH is 1. The van der Waals surface area contributed by atoms with E-state index in [1.807, 2.05) is 38.2 Å². The van der Waals surface area contributed by atoms with Gasteiger partial charge in [0.05, 0.1) is 19.6 Å². The van der Waals surface area contributed by atoms with Gasteiger partial charge in [-0.15, -0.1) is 29.8 Å². The molecule has 0 aliphatic heterocycles. The molecule has 0 bridgehead atoms. The van der Waals surface area contributed by atoms with E-state index in [0.717, 1.165) is 22.4 Å². The van der Waals surface area contributed by atoms with Crippen molar-refractivity contribution in [3.63, 3.8) is 0 Å². The van der Waals surface area contributed by atoms with Gasteiger partial charge in [-0.2, -0.15) is 0 Å². The monoisotopic (exact) mass is 648 g/mol. The van der Waals surface area contributed by atoms with E-state index in [0.29, 0.717) is 12.8 Å². The summed E-state index contributed by atoms with van der Waals surface area (Å²) in [6.07, 6.45) is 4.42. The summed E-state index contributed by atoms with van der Waals surface area (Å²) in [6.45, 7) is 10.2. The Balaban J connectivity index is 0.000000373. The zero-order valence-electron chi connectivity index (χ0n) is 21.2. The SMILES string of the molecule is CCC(=[OH+])/C=C(\O)CC.COc1c[c-]c(-c2nccc3c2ccc2c(C)c(C)c(C)cc23)cc1.[Ir]. The zero-order chi connectivity index (χ0) is 24.8. The molecule has 4 nitrogen and oxygen atoms in total. The number of hydrogen-bond acceptors (Lipinski definition) is 3. The van der Waals surface area contributed by atoms with Gasteiger partial charge < -0.3 is 14.8 Å². The molecule has 0 atom stereocenters. The quantitative estimate of drug-likeness (QED) is 0.0799. The molecule has 0 aliphatic carbocycles. The van der Waals surface area contributed by atoms with E-state index in [4.69, 9.17) is 14.6 Å². The van der Waals surface area contributed by atoms with E-state index in [2.05, 4.69) is 56.1 Å². The number of ketones is 1. The first-order valence-corrected chi connectivity index (χ1v) is 11.6. The Morgan fingerprint density at radius 1 is 0.971 bits per heavy atom. The summed E-state index contributed by atoms with van der Waals surface area (Å²) in [4.78, 5) is 13.5. The van der Waals surface area contributed by atoms with Crippen LogP contribution in [0, 0.1) is 26.8 Å². The second-order valence-corrected chi connectivity index (χ2v) is 8.34. The van der Waals surface area contributed by atoms with Crippen LogP contribution in [-0.2, 0) is 20.1 Å². The minimum atomic E-state index is 0. The van der Waals surface area contributed by atoms with E-state index in [1.54, 1.807) is 7.11 Å². The summed E-state index contributed by atoms with van der Waals surface area (Å²) in [6, 6.07) is 17.9. The van der Waals surface area contributed by atoms with E-state index in [1.165, 1.54) is 38.9 Å². The summed E-state index contributed by atoms with van der Waals surface area (Å²) >= 11 is 0. The third kappa shape index (κ3) is 6.36. The van der Waals surface area contributed by atoms with Crippen molar-refractivity contribution in [3.8, 4) is 17.0 Å². The molecule has 1 radical (unpaired) electrons. The molecule has 185 valence electrons. The number of nitrogens with zero attached hydrogens (tertiary/aromatic N) is 1. The summed E-state index contributed by atoms with van der Waals surface area (Å²) in [5.74, 6) is 1.26. The predicted octanol–water partition coefficient (Wildman–Crippen LogP) is 7.58. The predicted molar refractivity (Wildman–Crippen MR) is 143 cm³/mol. The van der Waals surface area contributed by atoms with Crippen LogP contribution in [0.1, 0.15) is 43.4 Å². The Kier molecular flexibility index (Phi) is 10.2. The topological polar surface area (TPSA) is 63.8 Å². The van der Waals surface area contributed by atoms with Crippen molar-refractivity contribution in [1.82, 2.24) is 4.98 Å². The molecule has 0 aliphatic rings. The fourth-order valence-electron chi connectivity index (χ4n) is 3.88. The van der Waals surface area contributed by atoms with Crippen LogP contribution in [0.15, 0.2) is 60.5 Å². The number of fused-ring (bicyclic) bond motifs is 3. The van der Waals surface area contributed by atoms with Gasteiger partial charge in [-0.3, -0.25) is 4.79 Å². The number of methoxy groups -OCH3 is 1. The van der Waals surface area contributed by atoms with Gasteiger partial charge in [-0.1, -0.05) is 32.0 Å². The molecule has 4 rings (SSSR count). The number of aliphatic hydroxyl groups is 1. The van der Waals surface area contributed by atoms with Crippen LogP contribution in [0.2, 0.25) is 0 Å². The first-order chi connectivity index (χ1) is 16.3. The molecule has 35 heavy (non-hydrogen) atoms. The molecule has 0 saturated heterocycles. The number of allylic oxidation sites excluding steroid dienone is 2. The molecule has 0 fully saturated rings. The molecule has 0 amide bonds. The van der Waals surface area contributed by atoms with E-state index < -0.39 is 0 Å². The van der Waals surface area contributed by atoms with Gasteiger partial charge in [0.1, 0.15) is 5.76 Å². The van der Waals surface area contributed by atoms with Crippen LogP contribution >= 0.6 is 0 Å². The number of rotatable bonds is 5. The maximum Gasteiger partial charge on any atom is 0.319 e. The van der Waals surface area contributed by atoms with Gasteiger partial charge in [0, 0.05) is 38.5 Å². The molecule has 1 aromatic heterocycles. The molecular formula is C30H33IrNO3. The van der Waals surface area contributed by atoms with Gasteiger partial charge in [0.15, 0.2) is 0 Å². The molecule has 4 aromatic rings. The van der Waals surface area contributed by atoms with Crippen molar-refractivity contribution in [3.05, 3.63) is 83.3 Å². The van der Waals surface area contributed by atoms with E-state index >= 15 is 0 Å². The van der Waals surface area contributed by atoms with E-state index in [-0.39, 0.29) is 31.6 Å². The van der Waals surface area contributed by atoms with Crippen LogP contribution in [-0.4, -0.2) is 27.8 Å². The summed E-state index contributed by atoms with van der Waals surface area (Å²) in [5.41, 5.74) is 5.98. The Bertz CT molecular complexity index is 1360. The van der Waals surface area contributed by atoms with Crippen molar-refractivity contribution >= 4 is 27.3 Å². The third-order valence-corrected chi connectivity index (χ3v) is 6.24. The minimum Gasteiger partial charge on any atom is -0.540 e. The number of aromatic nitrogens is 1. The fraction of sp³-hybridized carbons (Fsp3) is 0.267. The molecule has 5 heteroatoms. The van der Waals surface area contributed by atoms with Crippen molar-refractivity contribution < 1.29 is 34.7 Å². The molecule has 0 spiro atoms. The number of hydrogen-bond donors (Lipinski definition) is 1. The number of pyridine rings is 1. The van der Waals surface area contributed by atoms with Crippen molar-refractivity contribution in [2.45, 2.75) is 47.5 Å². The van der Waals surface area contributed by atoms with Crippen LogP contribution in [0.5, 0.6) is 5.75 Å². The first kappa shape index (κ1) is 28.2. The number of ether oxygens (including phenoxy) is 1. The van der Waals surface area contributed by atoms with Gasteiger partial charge in [-0.25, -0.2) is 0 Å². The standard InChI is InChI=1S/C23H20NO.C7H12O2.Ir/c1-14-13-22-19(16(3)15(14)2)9-10-21-20(22)11-12-24-23(21)17-5-7-18(25-4)8-6-17;1-3-6(8)5-7(9)4-2;/h5,7-13H,1-4H3;5,8H,3-4H2,1-2H3;/q-1;;/p+1/b;6-5-;. The molecular weight excluding hydrogens is 615 g/mol. The third-order valence-electron chi connectivity index (χ3n) is 6.24. The molecule has 3 aromatic carbocycles. The second kappa shape index (κ2) is 12.6. The number of carbonyl (C=O) groups excluding carboxylic acids is 1. The minimum absolute atomic E-state index is 0. The molecule has 1 heterocycles. The maximum absolute atomic E-state index is 8.84. The average Bonchev–Trinajstić information content (AvgIpc) is 2.87. The Morgan fingerprint density at radius 2 is 1.69 bits per heavy atom. The summed E-state index contributed by atoms with van der Waals surface area (Å²) in [5, 5.41) is 13.8. The average molecular weight is 648 g/mol. The van der Waals surface area contributed by atoms with Crippen LogP contribution in [0.25, 0.3) is 32.8 Å². The van der Waals surface area contributed by atoms with Crippen LogP contribution in [0.3, 0.4) is 0 Å². The molecule has 2 N–H and O–H groups in total. The van der Waals surface area contributed by atoms with Gasteiger partial charge in [0.2, 0.25) is 0 Å². The van der Waals surface area contributed by atoms with Crippen LogP contribution in [0.4, 0.5) is 0 Å². The maximum atomic E-state index is 8.84. The first-order valence-electron chi connectivity index (χ1n) is 11.6. The Labute approximate surface area is 221 Å². The molecule has 0 saturated carbocycles. The second-order valence-electron chi connectivity index (χ2n) is 8.34. The normalized spacial score (nSPS) is 11.0. The van der Waals surface area contributed by atoms with Gasteiger partial charge >= 0.3 is 5.78 Å². The smallest absolute Gasteiger partial charge is 0.319 e. The fourth-order valence-corrected chi connectivity index (χ4v) is 3.88. The van der Waals surface area contributed by atoms with Gasteiger partial charge in [-0.05, 0) is 70.8 Å². The summed E-state index contributed by atoms with van der Waals surface area (Å²) < 4.78 is 5.24. The Morgan fingerprint density at radius 3 is 2.29 bits per heavy atom. The molecule has 0 unspecified atom stereocenters. The number of benzene rings is 3. The number of aryl methyl sites for hydroxylation is 2. The zero-order valence-corrected chi connectivity index (χ0v) is 23.6. The summed E-state index contributed by atoms with van der Waals surface area (Å²) in [7, 11) is 1.66. The van der Waals surface area contributed by atoms with Crippen molar-refractivity contribution in [1.29, 1.82) is 0 Å².